The summed E-state index contributed by atoms with van der Waals surface area (Å²) in [5.74, 6) is 0.366. The quantitative estimate of drug-likeness (QED) is 0.844. The maximum absolute atomic E-state index is 9.96. The van der Waals surface area contributed by atoms with Crippen LogP contribution in [0, 0.1) is 12.3 Å². The van der Waals surface area contributed by atoms with Crippen molar-refractivity contribution in [2.45, 2.75) is 33.7 Å². The van der Waals surface area contributed by atoms with Gasteiger partial charge in [0.05, 0.1) is 0 Å². The lowest BCUT2D eigenvalue weighted by Crippen LogP contribution is -2.37. The van der Waals surface area contributed by atoms with Crippen LogP contribution in [0.4, 0.5) is 0 Å². The van der Waals surface area contributed by atoms with Gasteiger partial charge in [0, 0.05) is 18.2 Å². The van der Waals surface area contributed by atoms with Gasteiger partial charge in [-0.05, 0) is 38.9 Å². The molecule has 0 heterocycles. The topological polar surface area (TPSA) is 49.5 Å². The zero-order valence-corrected chi connectivity index (χ0v) is 12.2. The molecular weight excluding hydrogens is 224 g/mol. The van der Waals surface area contributed by atoms with E-state index in [0.29, 0.717) is 12.3 Å². The summed E-state index contributed by atoms with van der Waals surface area (Å²) in [7, 11) is 2.07. The molecule has 0 spiro atoms. The van der Waals surface area contributed by atoms with Crippen molar-refractivity contribution in [1.29, 1.82) is 0 Å². The first-order valence-corrected chi connectivity index (χ1v) is 6.46. The van der Waals surface area contributed by atoms with E-state index in [1.54, 1.807) is 6.07 Å². The monoisotopic (exact) mass is 250 g/mol. The lowest BCUT2D eigenvalue weighted by Gasteiger charge is -2.33. The van der Waals surface area contributed by atoms with Gasteiger partial charge in [-0.2, -0.15) is 0 Å². The zero-order valence-electron chi connectivity index (χ0n) is 12.2. The first-order chi connectivity index (χ1) is 8.26. The van der Waals surface area contributed by atoms with Crippen molar-refractivity contribution in [3.8, 4) is 5.75 Å². The predicted octanol–water partition coefficient (Wildman–Crippen LogP) is 2.68. The number of aromatic hydroxyl groups is 1. The first kappa shape index (κ1) is 15.0. The Labute approximate surface area is 111 Å². The SMILES string of the molecule is Cc1ccc(O)c(C(C)N(C)CC(C)(C)CN)c1. The number of nitrogens with zero attached hydrogens (tertiary/aromatic N) is 1. The fourth-order valence-corrected chi connectivity index (χ4v) is 2.12. The van der Waals surface area contributed by atoms with Gasteiger partial charge < -0.3 is 10.8 Å². The van der Waals surface area contributed by atoms with Crippen molar-refractivity contribution in [2.75, 3.05) is 20.1 Å². The molecule has 0 aliphatic heterocycles. The number of phenols is 1. The van der Waals surface area contributed by atoms with Crippen LogP contribution >= 0.6 is 0 Å². The van der Waals surface area contributed by atoms with Gasteiger partial charge in [0.1, 0.15) is 5.75 Å². The summed E-state index contributed by atoms with van der Waals surface area (Å²) in [6.07, 6.45) is 0. The Morgan fingerprint density at radius 3 is 2.56 bits per heavy atom. The van der Waals surface area contributed by atoms with E-state index >= 15 is 0 Å². The van der Waals surface area contributed by atoms with Crippen molar-refractivity contribution in [3.63, 3.8) is 0 Å². The molecule has 0 aromatic heterocycles. The van der Waals surface area contributed by atoms with E-state index in [1.165, 1.54) is 5.56 Å². The molecule has 1 aromatic carbocycles. The molecule has 0 saturated heterocycles. The molecule has 18 heavy (non-hydrogen) atoms. The van der Waals surface area contributed by atoms with E-state index in [0.717, 1.165) is 12.1 Å². The second-order valence-corrected chi connectivity index (χ2v) is 6.02. The van der Waals surface area contributed by atoms with E-state index in [9.17, 15) is 5.11 Å². The van der Waals surface area contributed by atoms with E-state index in [2.05, 4.69) is 32.7 Å². The average Bonchev–Trinajstić information content (AvgIpc) is 2.31. The van der Waals surface area contributed by atoms with Crippen molar-refractivity contribution in [3.05, 3.63) is 29.3 Å². The van der Waals surface area contributed by atoms with Crippen molar-refractivity contribution in [2.24, 2.45) is 11.1 Å². The number of hydrogen-bond acceptors (Lipinski definition) is 3. The summed E-state index contributed by atoms with van der Waals surface area (Å²) in [5, 5.41) is 9.96. The first-order valence-electron chi connectivity index (χ1n) is 6.46. The molecule has 0 fully saturated rings. The van der Waals surface area contributed by atoms with Crippen molar-refractivity contribution in [1.82, 2.24) is 4.90 Å². The van der Waals surface area contributed by atoms with Gasteiger partial charge in [0.15, 0.2) is 0 Å². The summed E-state index contributed by atoms with van der Waals surface area (Å²) in [6.45, 7) is 10.0. The summed E-state index contributed by atoms with van der Waals surface area (Å²) in [6, 6.07) is 5.92. The third-order valence-corrected chi connectivity index (χ3v) is 3.52. The normalized spacial score (nSPS) is 13.9. The van der Waals surface area contributed by atoms with Crippen LogP contribution in [0.2, 0.25) is 0 Å². The molecule has 1 aromatic rings. The van der Waals surface area contributed by atoms with Crippen LogP contribution in [-0.4, -0.2) is 30.1 Å². The molecule has 1 unspecified atom stereocenters. The van der Waals surface area contributed by atoms with E-state index < -0.39 is 0 Å². The standard InChI is InChI=1S/C15H26N2O/c1-11-6-7-14(18)13(8-11)12(2)17(5)10-15(3,4)9-16/h6-8,12,18H,9-10,16H2,1-5H3. The number of rotatable bonds is 5. The Bertz CT molecular complexity index is 401. The van der Waals surface area contributed by atoms with Gasteiger partial charge in [-0.3, -0.25) is 4.90 Å². The van der Waals surface area contributed by atoms with Crippen LogP contribution in [0.25, 0.3) is 0 Å². The van der Waals surface area contributed by atoms with Gasteiger partial charge in [-0.15, -0.1) is 0 Å². The molecule has 3 nitrogen and oxygen atoms in total. The van der Waals surface area contributed by atoms with E-state index in [-0.39, 0.29) is 11.5 Å². The molecule has 1 rings (SSSR count). The molecule has 0 aliphatic carbocycles. The van der Waals surface area contributed by atoms with Crippen LogP contribution in [0.15, 0.2) is 18.2 Å². The van der Waals surface area contributed by atoms with Gasteiger partial charge in [-0.1, -0.05) is 31.5 Å². The minimum atomic E-state index is 0.0858. The Kier molecular flexibility index (Phi) is 4.77. The Hall–Kier alpha value is -1.06. The number of nitrogens with two attached hydrogens (primary N) is 1. The highest BCUT2D eigenvalue weighted by Crippen LogP contribution is 2.30. The van der Waals surface area contributed by atoms with Crippen LogP contribution < -0.4 is 5.73 Å². The molecule has 1 atom stereocenters. The summed E-state index contributed by atoms with van der Waals surface area (Å²) in [5.41, 5.74) is 8.00. The Morgan fingerprint density at radius 1 is 1.39 bits per heavy atom. The van der Waals surface area contributed by atoms with E-state index in [4.69, 9.17) is 5.73 Å². The number of phenolic OH excluding ortho intramolecular Hbond substituents is 1. The predicted molar refractivity (Wildman–Crippen MR) is 76.7 cm³/mol. The highest BCUT2D eigenvalue weighted by molar-refractivity contribution is 5.37. The number of hydrogen-bond donors (Lipinski definition) is 2. The fourth-order valence-electron chi connectivity index (χ4n) is 2.12. The second-order valence-electron chi connectivity index (χ2n) is 6.02. The van der Waals surface area contributed by atoms with E-state index in [1.807, 2.05) is 19.1 Å². The molecule has 0 saturated carbocycles. The fraction of sp³-hybridized carbons (Fsp3) is 0.600. The third-order valence-electron chi connectivity index (χ3n) is 3.52. The van der Waals surface area contributed by atoms with Gasteiger partial charge in [0.25, 0.3) is 0 Å². The maximum Gasteiger partial charge on any atom is 0.120 e. The second kappa shape index (κ2) is 5.72. The third kappa shape index (κ3) is 3.72. The number of aryl methyl sites for hydroxylation is 1. The maximum atomic E-state index is 9.96. The molecule has 0 radical (unpaired) electrons. The molecule has 3 N–H and O–H groups in total. The van der Waals surface area contributed by atoms with Gasteiger partial charge in [0.2, 0.25) is 0 Å². The molecular formula is C15H26N2O. The van der Waals surface area contributed by atoms with Crippen LogP contribution in [-0.2, 0) is 0 Å². The highest BCUT2D eigenvalue weighted by Gasteiger charge is 2.23. The van der Waals surface area contributed by atoms with Crippen LogP contribution in [0.3, 0.4) is 0 Å². The van der Waals surface area contributed by atoms with Crippen LogP contribution in [0.5, 0.6) is 5.75 Å². The molecule has 0 amide bonds. The molecule has 102 valence electrons. The largest absolute Gasteiger partial charge is 0.508 e. The van der Waals surface area contributed by atoms with Gasteiger partial charge >= 0.3 is 0 Å². The highest BCUT2D eigenvalue weighted by atomic mass is 16.3. The summed E-state index contributed by atoms with van der Waals surface area (Å²) >= 11 is 0. The Balaban J connectivity index is 2.86. The summed E-state index contributed by atoms with van der Waals surface area (Å²) < 4.78 is 0. The molecule has 3 heteroatoms. The minimum Gasteiger partial charge on any atom is -0.508 e. The van der Waals surface area contributed by atoms with Crippen molar-refractivity contribution < 1.29 is 5.11 Å². The Morgan fingerprint density at radius 2 is 2.00 bits per heavy atom. The van der Waals surface area contributed by atoms with Crippen molar-refractivity contribution >= 4 is 0 Å². The average molecular weight is 250 g/mol. The molecule has 0 aliphatic rings. The van der Waals surface area contributed by atoms with Crippen LogP contribution in [0.1, 0.15) is 37.9 Å². The van der Waals surface area contributed by atoms with Gasteiger partial charge in [-0.25, -0.2) is 0 Å². The summed E-state index contributed by atoms with van der Waals surface area (Å²) in [4.78, 5) is 2.24. The zero-order chi connectivity index (χ0) is 13.9. The lowest BCUT2D eigenvalue weighted by molar-refractivity contribution is 0.172. The smallest absolute Gasteiger partial charge is 0.120 e. The minimum absolute atomic E-state index is 0.0858. The lowest BCUT2D eigenvalue weighted by atomic mass is 9.92. The molecule has 0 bridgehead atoms. The number of benzene rings is 1.